The van der Waals surface area contributed by atoms with E-state index in [-0.39, 0.29) is 6.54 Å². The lowest BCUT2D eigenvalue weighted by Crippen LogP contribution is -2.39. The first-order valence-electron chi connectivity index (χ1n) is 11.1. The van der Waals surface area contributed by atoms with Crippen LogP contribution in [0.2, 0.25) is 0 Å². The van der Waals surface area contributed by atoms with Crippen molar-refractivity contribution >= 4 is 18.3 Å². The molecule has 0 aliphatic heterocycles. The van der Waals surface area contributed by atoms with Crippen LogP contribution in [0.4, 0.5) is 14.4 Å². The van der Waals surface area contributed by atoms with Gasteiger partial charge in [-0.2, -0.15) is 0 Å². The Morgan fingerprint density at radius 2 is 1.48 bits per heavy atom. The molecule has 0 saturated heterocycles. The minimum atomic E-state index is -0.596. The highest BCUT2D eigenvalue weighted by molar-refractivity contribution is 5.68. The summed E-state index contributed by atoms with van der Waals surface area (Å²) in [5, 5.41) is 6.56. The van der Waals surface area contributed by atoms with Gasteiger partial charge in [-0.3, -0.25) is 0 Å². The molecule has 0 unspecified atom stereocenters. The molecule has 3 amide bonds. The molecule has 0 aliphatic carbocycles. The number of amides is 3. The lowest BCUT2D eigenvalue weighted by atomic mass is 10.2. The summed E-state index contributed by atoms with van der Waals surface area (Å²) < 4.78 is 15.6. The first-order valence-corrected chi connectivity index (χ1v) is 11.1. The molecule has 0 aromatic heterocycles. The fourth-order valence-electron chi connectivity index (χ4n) is 2.33. The standard InChI is InChI=1S/C22H42N3O6/c1-8-9-17-29-18(26)23-14-12-16-25(20(28)31-22(5,6)7)15-11-10-13-24-19(27)30-21(2,3)4/h8-17H2,1-7H3,(H,24,27). The molecule has 9 nitrogen and oxygen atoms in total. The molecule has 181 valence electrons. The van der Waals surface area contributed by atoms with Crippen LogP contribution in [-0.4, -0.2) is 67.2 Å². The lowest BCUT2D eigenvalue weighted by Gasteiger charge is -2.27. The van der Waals surface area contributed by atoms with Crippen LogP contribution < -0.4 is 10.6 Å². The van der Waals surface area contributed by atoms with Crippen LogP contribution in [0.1, 0.15) is 80.6 Å². The fourth-order valence-corrected chi connectivity index (χ4v) is 2.33. The van der Waals surface area contributed by atoms with Crippen molar-refractivity contribution < 1.29 is 28.6 Å². The summed E-state index contributed by atoms with van der Waals surface area (Å²) in [6.07, 6.45) is 2.24. The smallest absolute Gasteiger partial charge is 0.428 e. The third kappa shape index (κ3) is 18.3. The number of rotatable bonds is 12. The third-order valence-corrected chi connectivity index (χ3v) is 3.73. The first-order chi connectivity index (χ1) is 14.3. The zero-order valence-corrected chi connectivity index (χ0v) is 20.4. The summed E-state index contributed by atoms with van der Waals surface area (Å²) in [4.78, 5) is 37.3. The summed E-state index contributed by atoms with van der Waals surface area (Å²) >= 11 is 0. The van der Waals surface area contributed by atoms with E-state index in [1.807, 2.05) is 48.5 Å². The van der Waals surface area contributed by atoms with Crippen molar-refractivity contribution in [3.63, 3.8) is 0 Å². The van der Waals surface area contributed by atoms with Crippen molar-refractivity contribution in [2.75, 3.05) is 32.8 Å². The summed E-state index contributed by atoms with van der Waals surface area (Å²) in [6.45, 7) is 14.9. The van der Waals surface area contributed by atoms with Crippen molar-refractivity contribution in [3.05, 3.63) is 0 Å². The van der Waals surface area contributed by atoms with Crippen LogP contribution in [-0.2, 0) is 14.2 Å². The van der Waals surface area contributed by atoms with E-state index >= 15 is 0 Å². The van der Waals surface area contributed by atoms with Gasteiger partial charge in [0.05, 0.1) is 6.61 Å². The summed E-state index contributed by atoms with van der Waals surface area (Å²) in [6, 6.07) is 0. The number of carbonyl (C=O) groups excluding carboxylic acids is 3. The van der Waals surface area contributed by atoms with E-state index in [1.54, 1.807) is 4.90 Å². The average molecular weight is 445 g/mol. The van der Waals surface area contributed by atoms with E-state index in [2.05, 4.69) is 10.6 Å². The second kappa shape index (κ2) is 14.8. The normalized spacial score (nSPS) is 11.5. The second-order valence-electron chi connectivity index (χ2n) is 9.31. The fraction of sp³-hybridized carbons (Fsp3) is 0.864. The monoisotopic (exact) mass is 444 g/mol. The van der Waals surface area contributed by atoms with Crippen molar-refractivity contribution in [1.82, 2.24) is 15.5 Å². The Bertz CT molecular complexity index is 540. The van der Waals surface area contributed by atoms with Gasteiger partial charge in [-0.15, -0.1) is 0 Å². The quantitative estimate of drug-likeness (QED) is 0.352. The number of unbranched alkanes of at least 4 members (excludes halogenated alkanes) is 2. The van der Waals surface area contributed by atoms with Gasteiger partial charge in [0.15, 0.2) is 0 Å². The maximum absolute atomic E-state index is 12.5. The van der Waals surface area contributed by atoms with E-state index in [0.717, 1.165) is 12.8 Å². The zero-order valence-electron chi connectivity index (χ0n) is 20.4. The van der Waals surface area contributed by atoms with Crippen molar-refractivity contribution in [1.29, 1.82) is 0 Å². The van der Waals surface area contributed by atoms with Gasteiger partial charge in [0.2, 0.25) is 0 Å². The molecule has 0 aromatic carbocycles. The molecule has 0 atom stereocenters. The van der Waals surface area contributed by atoms with Gasteiger partial charge >= 0.3 is 18.3 Å². The Balaban J connectivity index is 4.35. The van der Waals surface area contributed by atoms with E-state index < -0.39 is 29.5 Å². The molecule has 9 heteroatoms. The van der Waals surface area contributed by atoms with E-state index in [0.29, 0.717) is 45.5 Å². The molecule has 0 heterocycles. The van der Waals surface area contributed by atoms with Crippen LogP contribution in [0, 0.1) is 0 Å². The Morgan fingerprint density at radius 1 is 0.871 bits per heavy atom. The Morgan fingerprint density at radius 3 is 2.06 bits per heavy atom. The molecule has 31 heavy (non-hydrogen) atoms. The Hall–Kier alpha value is -2.19. The molecule has 1 N–H and O–H groups in total. The molecular formula is C22H42N3O6. The van der Waals surface area contributed by atoms with Crippen LogP contribution in [0.25, 0.3) is 0 Å². The molecule has 0 aromatic rings. The van der Waals surface area contributed by atoms with Gasteiger partial charge in [-0.25, -0.2) is 19.7 Å². The number of nitrogens with one attached hydrogen (secondary N) is 1. The van der Waals surface area contributed by atoms with Gasteiger partial charge < -0.3 is 24.4 Å². The SMILES string of the molecule is CCCCOC(=O)[N]CCCN(CCCCNC(=O)OC(C)(C)C)C(=O)OC(C)(C)C. The second-order valence-corrected chi connectivity index (χ2v) is 9.31. The molecular weight excluding hydrogens is 402 g/mol. The molecule has 0 saturated carbocycles. The van der Waals surface area contributed by atoms with Gasteiger partial charge in [0.1, 0.15) is 11.2 Å². The Kier molecular flexibility index (Phi) is 13.7. The summed E-state index contributed by atoms with van der Waals surface area (Å²) in [5.41, 5.74) is -1.13. The van der Waals surface area contributed by atoms with Crippen molar-refractivity contribution in [2.45, 2.75) is 91.8 Å². The van der Waals surface area contributed by atoms with E-state index in [4.69, 9.17) is 14.2 Å². The highest BCUT2D eigenvalue weighted by Gasteiger charge is 2.22. The Labute approximate surface area is 187 Å². The number of nitrogens with zero attached hydrogens (tertiary/aromatic N) is 2. The van der Waals surface area contributed by atoms with E-state index in [1.165, 1.54) is 0 Å². The topological polar surface area (TPSA) is 108 Å². The predicted molar refractivity (Wildman–Crippen MR) is 119 cm³/mol. The number of carbonyl (C=O) groups is 3. The molecule has 0 rings (SSSR count). The maximum atomic E-state index is 12.5. The highest BCUT2D eigenvalue weighted by Crippen LogP contribution is 2.11. The average Bonchev–Trinajstić information content (AvgIpc) is 2.60. The van der Waals surface area contributed by atoms with Crippen LogP contribution in [0.3, 0.4) is 0 Å². The minimum Gasteiger partial charge on any atom is -0.448 e. The number of hydrogen-bond donors (Lipinski definition) is 1. The maximum Gasteiger partial charge on any atom is 0.428 e. The molecule has 0 fully saturated rings. The van der Waals surface area contributed by atoms with Gasteiger partial charge in [-0.05, 0) is 67.2 Å². The first kappa shape index (κ1) is 28.8. The van der Waals surface area contributed by atoms with Crippen LogP contribution in [0.15, 0.2) is 0 Å². The third-order valence-electron chi connectivity index (χ3n) is 3.73. The number of hydrogen-bond acceptors (Lipinski definition) is 6. The van der Waals surface area contributed by atoms with Crippen LogP contribution in [0.5, 0.6) is 0 Å². The molecule has 1 radical (unpaired) electrons. The van der Waals surface area contributed by atoms with Gasteiger partial charge in [0, 0.05) is 26.2 Å². The summed E-state index contributed by atoms with van der Waals surface area (Å²) in [7, 11) is 0. The molecule has 0 aliphatic rings. The van der Waals surface area contributed by atoms with Crippen molar-refractivity contribution in [2.24, 2.45) is 0 Å². The van der Waals surface area contributed by atoms with Crippen molar-refractivity contribution in [3.8, 4) is 0 Å². The zero-order chi connectivity index (χ0) is 23.9. The predicted octanol–water partition coefficient (Wildman–Crippen LogP) is 4.46. The number of ether oxygens (including phenoxy) is 3. The summed E-state index contributed by atoms with van der Waals surface area (Å²) in [5.74, 6) is 0. The number of alkyl carbamates (subject to hydrolysis) is 1. The molecule has 0 bridgehead atoms. The highest BCUT2D eigenvalue weighted by atomic mass is 16.6. The minimum absolute atomic E-state index is 0.282. The van der Waals surface area contributed by atoms with E-state index in [9.17, 15) is 14.4 Å². The largest absolute Gasteiger partial charge is 0.448 e. The van der Waals surface area contributed by atoms with Gasteiger partial charge in [0.25, 0.3) is 0 Å². The van der Waals surface area contributed by atoms with Crippen LogP contribution >= 0.6 is 0 Å². The lowest BCUT2D eigenvalue weighted by molar-refractivity contribution is 0.0243. The molecule has 0 spiro atoms. The van der Waals surface area contributed by atoms with Gasteiger partial charge in [-0.1, -0.05) is 13.3 Å².